The molecular weight excluding hydrogens is 268 g/mol. The summed E-state index contributed by atoms with van der Waals surface area (Å²) in [7, 11) is 3.46. The molecule has 2 aliphatic rings. The lowest BCUT2D eigenvalue weighted by Crippen LogP contribution is -2.15. The summed E-state index contributed by atoms with van der Waals surface area (Å²) >= 11 is 0. The molecule has 3 rings (SSSR count). The van der Waals surface area contributed by atoms with Gasteiger partial charge in [0, 0.05) is 18.8 Å². The molecule has 1 aromatic rings. The van der Waals surface area contributed by atoms with Crippen LogP contribution in [-0.4, -0.2) is 30.9 Å². The molecule has 0 aromatic heterocycles. The first-order valence-electron chi connectivity index (χ1n) is 6.46. The molecule has 2 aliphatic heterocycles. The number of benzene rings is 1. The normalized spacial score (nSPS) is 20.6. The highest BCUT2D eigenvalue weighted by Gasteiger charge is 2.28. The van der Waals surface area contributed by atoms with Gasteiger partial charge in [0.25, 0.3) is 0 Å². The molecule has 106 valence electrons. The first-order valence-corrected chi connectivity index (χ1v) is 6.46. The summed E-state index contributed by atoms with van der Waals surface area (Å²) in [5.74, 6) is 0.603. The zero-order valence-electron chi connectivity index (χ0n) is 11.7. The lowest BCUT2D eigenvalue weighted by molar-refractivity contribution is -0.130. The molecule has 0 spiro atoms. The number of hydrogen-bond donors (Lipinski definition) is 0. The van der Waals surface area contributed by atoms with Crippen LogP contribution in [0.3, 0.4) is 0 Å². The van der Waals surface area contributed by atoms with E-state index >= 15 is 0 Å². The number of aliphatic imine (C=N–C) groups is 1. The highest BCUT2D eigenvalue weighted by Crippen LogP contribution is 2.24. The highest BCUT2D eigenvalue weighted by molar-refractivity contribution is 6.11. The van der Waals surface area contributed by atoms with Crippen molar-refractivity contribution in [1.82, 2.24) is 4.90 Å². The average molecular weight is 282 g/mol. The molecular formula is C16H14N2O3. The molecule has 5 nitrogen and oxygen atoms in total. The summed E-state index contributed by atoms with van der Waals surface area (Å²) in [6.07, 6.45) is 7.43. The minimum absolute atomic E-state index is 0.307. The van der Waals surface area contributed by atoms with Gasteiger partial charge in [0.2, 0.25) is 5.90 Å². The number of rotatable bonds is 2. The fourth-order valence-electron chi connectivity index (χ4n) is 2.09. The zero-order chi connectivity index (χ0) is 14.8. The van der Waals surface area contributed by atoms with Gasteiger partial charge in [-0.15, -0.1) is 0 Å². The maximum Gasteiger partial charge on any atom is 0.366 e. The van der Waals surface area contributed by atoms with Crippen molar-refractivity contribution in [2.45, 2.75) is 0 Å². The first kappa shape index (κ1) is 13.2. The number of hydrogen-bond acceptors (Lipinski definition) is 5. The van der Waals surface area contributed by atoms with Crippen LogP contribution in [0.4, 0.5) is 0 Å². The fourth-order valence-corrected chi connectivity index (χ4v) is 2.09. The third-order valence-corrected chi connectivity index (χ3v) is 3.23. The zero-order valence-corrected chi connectivity index (χ0v) is 11.7. The lowest BCUT2D eigenvalue weighted by atomic mass is 10.2. The summed E-state index contributed by atoms with van der Waals surface area (Å²) in [5, 5.41) is 0. The van der Waals surface area contributed by atoms with Crippen molar-refractivity contribution in [2.24, 2.45) is 4.99 Å². The molecule has 1 aromatic carbocycles. The Morgan fingerprint density at radius 1 is 1.19 bits per heavy atom. The number of esters is 1. The van der Waals surface area contributed by atoms with E-state index in [-0.39, 0.29) is 0 Å². The van der Waals surface area contributed by atoms with Crippen LogP contribution in [0.1, 0.15) is 5.56 Å². The van der Waals surface area contributed by atoms with E-state index in [2.05, 4.69) is 4.99 Å². The summed E-state index contributed by atoms with van der Waals surface area (Å²) in [6, 6.07) is 7.20. The van der Waals surface area contributed by atoms with Gasteiger partial charge in [-0.2, -0.15) is 0 Å². The Hall–Kier alpha value is -2.82. The van der Waals surface area contributed by atoms with Crippen LogP contribution in [0.5, 0.6) is 5.75 Å². The second-order valence-corrected chi connectivity index (χ2v) is 4.58. The monoisotopic (exact) mass is 282 g/mol. The molecule has 2 heterocycles. The largest absolute Gasteiger partial charge is 0.497 e. The molecule has 5 heteroatoms. The molecule has 0 radical (unpaired) electrons. The number of allylic oxidation sites excluding steroid dienone is 3. The Labute approximate surface area is 122 Å². The smallest absolute Gasteiger partial charge is 0.366 e. The molecule has 0 bridgehead atoms. The van der Waals surface area contributed by atoms with Crippen molar-refractivity contribution in [3.05, 3.63) is 65.7 Å². The van der Waals surface area contributed by atoms with E-state index in [1.165, 1.54) is 0 Å². The van der Waals surface area contributed by atoms with Crippen LogP contribution in [0.2, 0.25) is 0 Å². The van der Waals surface area contributed by atoms with Crippen LogP contribution >= 0.6 is 0 Å². The van der Waals surface area contributed by atoms with E-state index in [0.29, 0.717) is 17.3 Å². The number of ether oxygens (including phenoxy) is 2. The van der Waals surface area contributed by atoms with Crippen LogP contribution in [0.15, 0.2) is 65.1 Å². The lowest BCUT2D eigenvalue weighted by Gasteiger charge is -2.17. The maximum atomic E-state index is 12.0. The van der Waals surface area contributed by atoms with E-state index in [1.807, 2.05) is 36.4 Å². The SMILES string of the molecule is COc1ccc(C2=N/C(=C3/C=CC=CN3C)C(=O)O2)cc1. The van der Waals surface area contributed by atoms with Gasteiger partial charge in [-0.1, -0.05) is 6.08 Å². The number of carbonyl (C=O) groups is 1. The predicted octanol–water partition coefficient (Wildman–Crippen LogP) is 2.23. The van der Waals surface area contributed by atoms with E-state index in [4.69, 9.17) is 9.47 Å². The van der Waals surface area contributed by atoms with Gasteiger partial charge in [0.05, 0.1) is 12.8 Å². The molecule has 0 fully saturated rings. The van der Waals surface area contributed by atoms with E-state index in [1.54, 1.807) is 31.4 Å². The van der Waals surface area contributed by atoms with Crippen LogP contribution < -0.4 is 4.74 Å². The van der Waals surface area contributed by atoms with E-state index in [0.717, 1.165) is 11.3 Å². The molecule has 0 saturated heterocycles. The Kier molecular flexibility index (Phi) is 3.31. The minimum atomic E-state index is -0.442. The van der Waals surface area contributed by atoms with Crippen LogP contribution in [0.25, 0.3) is 0 Å². The second kappa shape index (κ2) is 5.28. The second-order valence-electron chi connectivity index (χ2n) is 4.58. The molecule has 21 heavy (non-hydrogen) atoms. The van der Waals surface area contributed by atoms with Gasteiger partial charge in [-0.3, -0.25) is 0 Å². The summed E-state index contributed by atoms with van der Waals surface area (Å²) < 4.78 is 10.4. The first-order chi connectivity index (χ1) is 10.2. The molecule has 0 atom stereocenters. The Morgan fingerprint density at radius 3 is 2.62 bits per heavy atom. The average Bonchev–Trinajstić information content (AvgIpc) is 2.90. The van der Waals surface area contributed by atoms with Crippen molar-refractivity contribution in [2.75, 3.05) is 14.2 Å². The van der Waals surface area contributed by atoms with Gasteiger partial charge < -0.3 is 14.4 Å². The third kappa shape index (κ3) is 2.45. The number of likely N-dealkylation sites (N-methyl/N-ethyl adjacent to an activating group) is 1. The van der Waals surface area contributed by atoms with Crippen molar-refractivity contribution >= 4 is 11.9 Å². The van der Waals surface area contributed by atoms with Gasteiger partial charge in [-0.05, 0) is 36.4 Å². The summed E-state index contributed by atoms with van der Waals surface area (Å²) in [4.78, 5) is 18.2. The molecule has 0 aliphatic carbocycles. The van der Waals surface area contributed by atoms with E-state index in [9.17, 15) is 4.79 Å². The standard InChI is InChI=1S/C16H14N2O3/c1-18-10-4-3-5-13(18)14-16(19)21-15(17-14)11-6-8-12(20-2)9-7-11/h3-10H,1-2H3/b14-13-. The van der Waals surface area contributed by atoms with E-state index < -0.39 is 5.97 Å². The number of nitrogens with zero attached hydrogens (tertiary/aromatic N) is 2. The minimum Gasteiger partial charge on any atom is -0.497 e. The Bertz CT molecular complexity index is 697. The number of cyclic esters (lactones) is 1. The molecule has 0 amide bonds. The summed E-state index contributed by atoms with van der Waals surface area (Å²) in [6.45, 7) is 0. The van der Waals surface area contributed by atoms with Gasteiger partial charge in [-0.25, -0.2) is 9.79 Å². The number of methoxy groups -OCH3 is 1. The maximum absolute atomic E-state index is 12.0. The van der Waals surface area contributed by atoms with Crippen LogP contribution in [-0.2, 0) is 9.53 Å². The van der Waals surface area contributed by atoms with Crippen molar-refractivity contribution < 1.29 is 14.3 Å². The molecule has 0 saturated carbocycles. The highest BCUT2D eigenvalue weighted by atomic mass is 16.6. The van der Waals surface area contributed by atoms with Gasteiger partial charge in [0.1, 0.15) is 5.75 Å². The predicted molar refractivity (Wildman–Crippen MR) is 78.7 cm³/mol. The fraction of sp³-hybridized carbons (Fsp3) is 0.125. The van der Waals surface area contributed by atoms with Gasteiger partial charge >= 0.3 is 5.97 Å². The quantitative estimate of drug-likeness (QED) is 0.616. The molecule has 0 N–H and O–H groups in total. The third-order valence-electron chi connectivity index (χ3n) is 3.23. The summed E-state index contributed by atoms with van der Waals surface area (Å²) in [5.41, 5.74) is 1.76. The van der Waals surface area contributed by atoms with Crippen molar-refractivity contribution in [3.63, 3.8) is 0 Å². The Balaban J connectivity index is 1.97. The van der Waals surface area contributed by atoms with Crippen molar-refractivity contribution in [1.29, 1.82) is 0 Å². The topological polar surface area (TPSA) is 51.1 Å². The van der Waals surface area contributed by atoms with Crippen LogP contribution in [0, 0.1) is 0 Å². The Morgan fingerprint density at radius 2 is 1.95 bits per heavy atom. The number of carbonyl (C=O) groups excluding carboxylic acids is 1. The van der Waals surface area contributed by atoms with Gasteiger partial charge in [0.15, 0.2) is 5.70 Å². The molecule has 0 unspecified atom stereocenters. The van der Waals surface area contributed by atoms with Crippen molar-refractivity contribution in [3.8, 4) is 5.75 Å².